The standard InChI is InChI=1S/C33H41N5O5Si/c1-21-31(42-2)26-18-25(35-33(40)23-10-12-24(34)13-11-23)14-15-29(26)43-32(21)30(44(3,4)41)16-17-38-19-28(36-37-38)27(20-39)22-8-6-5-7-9-22/h5-15,18-19,21,27,30-32,39,41H,16-17,20,34H2,1-4H3,(H,35,40)/t21-,27?,30?,31-,32-/m1/s1. The van der Waals surface area contributed by atoms with Crippen LogP contribution in [0.15, 0.2) is 79.0 Å². The molecular weight excluding hydrogens is 574 g/mol. The maximum atomic E-state index is 12.8. The third-order valence-electron chi connectivity index (χ3n) is 8.53. The minimum atomic E-state index is -2.73. The zero-order valence-corrected chi connectivity index (χ0v) is 26.6. The lowest BCUT2D eigenvalue weighted by molar-refractivity contribution is -0.0247. The van der Waals surface area contributed by atoms with Crippen LogP contribution < -0.4 is 15.8 Å². The Morgan fingerprint density at radius 3 is 2.52 bits per heavy atom. The van der Waals surface area contributed by atoms with E-state index in [2.05, 4.69) is 22.6 Å². The minimum absolute atomic E-state index is 0.0695. The number of aromatic nitrogens is 3. The van der Waals surface area contributed by atoms with Crippen molar-refractivity contribution >= 4 is 25.6 Å². The first-order chi connectivity index (χ1) is 21.1. The molecular formula is C33H41N5O5Si. The smallest absolute Gasteiger partial charge is 0.255 e. The fourth-order valence-electron chi connectivity index (χ4n) is 6.12. The summed E-state index contributed by atoms with van der Waals surface area (Å²) in [6.07, 6.45) is 1.90. The molecule has 5 rings (SSSR count). The van der Waals surface area contributed by atoms with Crippen molar-refractivity contribution < 1.29 is 24.2 Å². The van der Waals surface area contributed by atoms with Crippen molar-refractivity contribution in [2.45, 2.75) is 56.7 Å². The van der Waals surface area contributed by atoms with Gasteiger partial charge in [-0.05, 0) is 67.5 Å². The fraction of sp³-hybridized carbons (Fsp3) is 0.364. The number of nitrogens with one attached hydrogen (secondary N) is 1. The molecule has 1 aliphatic rings. The van der Waals surface area contributed by atoms with Gasteiger partial charge in [0.1, 0.15) is 11.9 Å². The van der Waals surface area contributed by atoms with Crippen molar-refractivity contribution in [2.75, 3.05) is 24.8 Å². The van der Waals surface area contributed by atoms with Crippen molar-refractivity contribution in [2.24, 2.45) is 5.92 Å². The van der Waals surface area contributed by atoms with Gasteiger partial charge in [0, 0.05) is 53.8 Å². The summed E-state index contributed by atoms with van der Waals surface area (Å²) in [5, 5.41) is 21.7. The SMILES string of the molecule is CO[C@H]1c2cc(NC(=O)c3ccc(N)cc3)ccc2O[C@@H](C(CCn2cc(C(CO)c3ccccc3)nn2)[Si](C)(C)O)[C@@H]1C. The van der Waals surface area contributed by atoms with Crippen LogP contribution in [0.2, 0.25) is 18.6 Å². The zero-order valence-electron chi connectivity index (χ0n) is 25.6. The van der Waals surface area contributed by atoms with Crippen LogP contribution in [0.1, 0.15) is 52.5 Å². The molecule has 0 spiro atoms. The van der Waals surface area contributed by atoms with Crippen LogP contribution in [0.3, 0.4) is 0 Å². The largest absolute Gasteiger partial charge is 0.490 e. The minimum Gasteiger partial charge on any atom is -0.490 e. The number of benzene rings is 3. The molecule has 1 aromatic heterocycles. The predicted molar refractivity (Wildman–Crippen MR) is 172 cm³/mol. The molecule has 11 heteroatoms. The molecule has 232 valence electrons. The lowest BCUT2D eigenvalue weighted by Gasteiger charge is -2.43. The number of aliphatic hydroxyl groups is 1. The van der Waals surface area contributed by atoms with E-state index in [1.165, 1.54) is 0 Å². The normalized spacial score (nSPS) is 19.5. The summed E-state index contributed by atoms with van der Waals surface area (Å²) < 4.78 is 14.4. The third-order valence-corrected chi connectivity index (χ3v) is 11.0. The quantitative estimate of drug-likeness (QED) is 0.137. The number of fused-ring (bicyclic) bond motifs is 1. The number of anilines is 2. The maximum absolute atomic E-state index is 12.8. The van der Waals surface area contributed by atoms with E-state index in [-0.39, 0.29) is 42.1 Å². The summed E-state index contributed by atoms with van der Waals surface area (Å²) in [7, 11) is -1.06. The second-order valence-corrected chi connectivity index (χ2v) is 16.1. The van der Waals surface area contributed by atoms with Gasteiger partial charge in [0.05, 0.1) is 24.3 Å². The lowest BCUT2D eigenvalue weighted by Crippen LogP contribution is -2.48. The van der Waals surface area contributed by atoms with Crippen LogP contribution in [0, 0.1) is 5.92 Å². The van der Waals surface area contributed by atoms with Gasteiger partial charge in [-0.25, -0.2) is 0 Å². The van der Waals surface area contributed by atoms with Crippen molar-refractivity contribution in [3.8, 4) is 5.75 Å². The highest BCUT2D eigenvalue weighted by Gasteiger charge is 2.46. The van der Waals surface area contributed by atoms with Gasteiger partial charge >= 0.3 is 0 Å². The first-order valence-corrected chi connectivity index (χ1v) is 17.9. The molecule has 0 saturated carbocycles. The maximum Gasteiger partial charge on any atom is 0.255 e. The Kier molecular flexibility index (Phi) is 9.50. The lowest BCUT2D eigenvalue weighted by atomic mass is 9.86. The Bertz CT molecular complexity index is 1560. The van der Waals surface area contributed by atoms with Crippen molar-refractivity contribution in [1.82, 2.24) is 15.0 Å². The summed E-state index contributed by atoms with van der Waals surface area (Å²) in [4.78, 5) is 24.3. The van der Waals surface area contributed by atoms with Crippen LogP contribution in [0.25, 0.3) is 0 Å². The van der Waals surface area contributed by atoms with Crippen molar-refractivity contribution in [3.63, 3.8) is 0 Å². The molecule has 0 aliphatic carbocycles. The Hall–Kier alpha value is -4.03. The number of nitrogens with zero attached hydrogens (tertiary/aromatic N) is 3. The van der Waals surface area contributed by atoms with Gasteiger partial charge in [0.15, 0.2) is 8.32 Å². The van der Waals surface area contributed by atoms with E-state index in [0.29, 0.717) is 41.3 Å². The fourth-order valence-corrected chi connectivity index (χ4v) is 8.13. The van der Waals surface area contributed by atoms with Crippen LogP contribution >= 0.6 is 0 Å². The number of aliphatic hydroxyl groups excluding tert-OH is 1. The number of rotatable bonds is 11. The number of hydrogen-bond donors (Lipinski definition) is 4. The van der Waals surface area contributed by atoms with Gasteiger partial charge in [-0.3, -0.25) is 9.48 Å². The Labute approximate surface area is 259 Å². The number of aryl methyl sites for hydroxylation is 1. The monoisotopic (exact) mass is 615 g/mol. The summed E-state index contributed by atoms with van der Waals surface area (Å²) in [6, 6.07) is 22.1. The van der Waals surface area contributed by atoms with Crippen molar-refractivity contribution in [1.29, 1.82) is 0 Å². The Balaban J connectivity index is 1.32. The molecule has 1 aliphatic heterocycles. The highest BCUT2D eigenvalue weighted by molar-refractivity contribution is 6.71. The van der Waals surface area contributed by atoms with Crippen molar-refractivity contribution in [3.05, 3.63) is 101 Å². The summed E-state index contributed by atoms with van der Waals surface area (Å²) in [6.45, 7) is 6.41. The van der Waals surface area contributed by atoms with E-state index in [4.69, 9.17) is 15.2 Å². The first-order valence-electron chi connectivity index (χ1n) is 14.9. The molecule has 2 heterocycles. The van der Waals surface area contributed by atoms with Crippen LogP contribution in [-0.4, -0.2) is 58.9 Å². The van der Waals surface area contributed by atoms with Crippen LogP contribution in [-0.2, 0) is 11.3 Å². The number of carbonyl (C=O) groups excluding carboxylic acids is 1. The molecule has 1 amide bonds. The molecule has 0 bridgehead atoms. The predicted octanol–water partition coefficient (Wildman–Crippen LogP) is 4.98. The van der Waals surface area contributed by atoms with Crippen LogP contribution in [0.5, 0.6) is 5.75 Å². The van der Waals surface area contributed by atoms with Gasteiger partial charge in [0.25, 0.3) is 5.91 Å². The molecule has 3 aromatic carbocycles. The van der Waals surface area contributed by atoms with E-state index in [0.717, 1.165) is 11.1 Å². The number of nitrogen functional groups attached to an aromatic ring is 1. The third kappa shape index (κ3) is 6.86. The van der Waals surface area contributed by atoms with E-state index >= 15 is 0 Å². The Morgan fingerprint density at radius 1 is 1.14 bits per heavy atom. The van der Waals surface area contributed by atoms with Crippen LogP contribution in [0.4, 0.5) is 11.4 Å². The average molecular weight is 616 g/mol. The average Bonchev–Trinajstić information content (AvgIpc) is 3.46. The molecule has 10 nitrogen and oxygen atoms in total. The molecule has 5 N–H and O–H groups in total. The van der Waals surface area contributed by atoms with E-state index in [1.807, 2.05) is 67.8 Å². The van der Waals surface area contributed by atoms with Gasteiger partial charge < -0.3 is 30.4 Å². The second kappa shape index (κ2) is 13.3. The highest BCUT2D eigenvalue weighted by Crippen LogP contribution is 2.47. The second-order valence-electron chi connectivity index (χ2n) is 12.0. The van der Waals surface area contributed by atoms with Gasteiger partial charge in [0.2, 0.25) is 0 Å². The topological polar surface area (TPSA) is 145 Å². The number of hydrogen-bond acceptors (Lipinski definition) is 8. The van der Waals surface area contributed by atoms with Gasteiger partial charge in [-0.1, -0.05) is 42.5 Å². The van der Waals surface area contributed by atoms with Gasteiger partial charge in [-0.2, -0.15) is 0 Å². The van der Waals surface area contributed by atoms with E-state index < -0.39 is 8.32 Å². The summed E-state index contributed by atoms with van der Waals surface area (Å²) in [5.74, 6) is 0.0965. The molecule has 0 fully saturated rings. The Morgan fingerprint density at radius 2 is 1.86 bits per heavy atom. The number of ether oxygens (including phenoxy) is 2. The number of amides is 1. The number of methoxy groups -OCH3 is 1. The number of nitrogens with two attached hydrogens (primary N) is 1. The summed E-state index contributed by atoms with van der Waals surface area (Å²) >= 11 is 0. The van der Waals surface area contributed by atoms with E-state index in [9.17, 15) is 14.7 Å². The molecule has 2 unspecified atom stereocenters. The van der Waals surface area contributed by atoms with Gasteiger partial charge in [-0.15, -0.1) is 5.10 Å². The summed E-state index contributed by atoms with van der Waals surface area (Å²) in [5.41, 5.74) is 9.88. The molecule has 4 aromatic rings. The number of carbonyl (C=O) groups is 1. The molecule has 0 saturated heterocycles. The molecule has 0 radical (unpaired) electrons. The zero-order chi connectivity index (χ0) is 31.4. The highest BCUT2D eigenvalue weighted by atomic mass is 28.4. The van der Waals surface area contributed by atoms with E-state index in [1.54, 1.807) is 36.1 Å². The first kappa shape index (κ1) is 31.4. The molecule has 5 atom stereocenters. The molecule has 44 heavy (non-hydrogen) atoms.